The first kappa shape index (κ1) is 14.1. The van der Waals surface area contributed by atoms with E-state index < -0.39 is 11.6 Å². The number of benzene rings is 1. The number of hydrogen-bond acceptors (Lipinski definition) is 3. The molecule has 1 aromatic heterocycles. The van der Waals surface area contributed by atoms with Gasteiger partial charge < -0.3 is 5.32 Å². The Kier molecular flexibility index (Phi) is 4.27. The van der Waals surface area contributed by atoms with Crippen LogP contribution in [0.1, 0.15) is 42.1 Å². The number of aryl methyl sites for hydroxylation is 1. The average molecular weight is 282 g/mol. The first-order valence-corrected chi connectivity index (χ1v) is 6.98. The molecular weight excluding hydrogens is 266 g/mol. The Labute approximate surface area is 115 Å². The molecule has 0 aliphatic carbocycles. The predicted octanol–water partition coefficient (Wildman–Crippen LogP) is 4.14. The van der Waals surface area contributed by atoms with Gasteiger partial charge in [0.1, 0.15) is 11.6 Å². The summed E-state index contributed by atoms with van der Waals surface area (Å²) in [5, 5.41) is 3.27. The summed E-state index contributed by atoms with van der Waals surface area (Å²) in [6, 6.07) is 3.30. The summed E-state index contributed by atoms with van der Waals surface area (Å²) in [6.07, 6.45) is 0. The van der Waals surface area contributed by atoms with Gasteiger partial charge in [0, 0.05) is 22.5 Å². The molecule has 1 heterocycles. The minimum Gasteiger partial charge on any atom is -0.303 e. The van der Waals surface area contributed by atoms with Gasteiger partial charge in [-0.05, 0) is 39.0 Å². The molecule has 0 amide bonds. The molecule has 0 fully saturated rings. The number of aromatic nitrogens is 1. The van der Waals surface area contributed by atoms with Gasteiger partial charge in [-0.3, -0.25) is 0 Å². The van der Waals surface area contributed by atoms with E-state index in [-0.39, 0.29) is 12.1 Å². The van der Waals surface area contributed by atoms with Crippen molar-refractivity contribution in [1.82, 2.24) is 10.3 Å². The lowest BCUT2D eigenvalue weighted by Gasteiger charge is -2.20. The van der Waals surface area contributed by atoms with Gasteiger partial charge in [0.05, 0.1) is 11.2 Å². The number of hydrogen-bond donors (Lipinski definition) is 1. The molecule has 0 saturated heterocycles. The first-order valence-electron chi connectivity index (χ1n) is 6.10. The molecule has 102 valence electrons. The van der Waals surface area contributed by atoms with E-state index in [1.807, 2.05) is 20.8 Å². The van der Waals surface area contributed by atoms with Crippen molar-refractivity contribution in [2.24, 2.45) is 0 Å². The van der Waals surface area contributed by atoms with E-state index in [1.165, 1.54) is 6.07 Å². The smallest absolute Gasteiger partial charge is 0.128 e. The molecule has 0 radical (unpaired) electrons. The van der Waals surface area contributed by atoms with Gasteiger partial charge in [0.25, 0.3) is 0 Å². The molecule has 0 saturated carbocycles. The van der Waals surface area contributed by atoms with Crippen LogP contribution in [0.25, 0.3) is 0 Å². The Morgan fingerprint density at radius 2 is 1.95 bits per heavy atom. The van der Waals surface area contributed by atoms with Crippen LogP contribution in [0.15, 0.2) is 23.7 Å². The second-order valence-electron chi connectivity index (χ2n) is 4.58. The van der Waals surface area contributed by atoms with Gasteiger partial charge >= 0.3 is 0 Å². The van der Waals surface area contributed by atoms with Crippen molar-refractivity contribution in [1.29, 1.82) is 0 Å². The van der Waals surface area contributed by atoms with Crippen molar-refractivity contribution in [3.8, 4) is 0 Å². The molecule has 1 aromatic carbocycles. The molecule has 2 atom stereocenters. The van der Waals surface area contributed by atoms with Crippen LogP contribution in [-0.2, 0) is 0 Å². The lowest BCUT2D eigenvalue weighted by molar-refractivity contribution is 0.472. The lowest BCUT2D eigenvalue weighted by Crippen LogP contribution is -2.23. The Balaban J connectivity index is 2.15. The van der Waals surface area contributed by atoms with Crippen LogP contribution in [-0.4, -0.2) is 4.98 Å². The highest BCUT2D eigenvalue weighted by atomic mass is 32.1. The van der Waals surface area contributed by atoms with Crippen molar-refractivity contribution < 1.29 is 8.78 Å². The van der Waals surface area contributed by atoms with Gasteiger partial charge in [-0.1, -0.05) is 0 Å². The third-order valence-electron chi connectivity index (χ3n) is 3.10. The summed E-state index contributed by atoms with van der Waals surface area (Å²) in [6.45, 7) is 5.76. The van der Waals surface area contributed by atoms with Crippen LogP contribution >= 0.6 is 11.3 Å². The molecule has 19 heavy (non-hydrogen) atoms. The Hall–Kier alpha value is -1.33. The fourth-order valence-corrected chi connectivity index (χ4v) is 2.93. The van der Waals surface area contributed by atoms with E-state index in [0.29, 0.717) is 5.56 Å². The van der Waals surface area contributed by atoms with E-state index in [9.17, 15) is 8.78 Å². The molecular formula is C14H16F2N2S. The highest BCUT2D eigenvalue weighted by Gasteiger charge is 2.17. The molecule has 2 rings (SSSR count). The van der Waals surface area contributed by atoms with Crippen molar-refractivity contribution in [3.63, 3.8) is 0 Å². The zero-order chi connectivity index (χ0) is 14.0. The van der Waals surface area contributed by atoms with Crippen molar-refractivity contribution in [3.05, 3.63) is 51.5 Å². The van der Waals surface area contributed by atoms with Crippen LogP contribution in [0.2, 0.25) is 0 Å². The summed E-state index contributed by atoms with van der Waals surface area (Å²) in [4.78, 5) is 5.31. The van der Waals surface area contributed by atoms with Crippen LogP contribution in [0, 0.1) is 18.6 Å². The SMILES string of the molecule is Cc1ncsc1C(C)NC(C)c1cc(F)ccc1F. The van der Waals surface area contributed by atoms with Crippen LogP contribution < -0.4 is 5.32 Å². The molecule has 0 bridgehead atoms. The van der Waals surface area contributed by atoms with E-state index in [0.717, 1.165) is 22.7 Å². The minimum atomic E-state index is -0.424. The minimum absolute atomic E-state index is 0.0465. The molecule has 2 unspecified atom stereocenters. The van der Waals surface area contributed by atoms with Crippen molar-refractivity contribution in [2.45, 2.75) is 32.9 Å². The Morgan fingerprint density at radius 3 is 2.58 bits per heavy atom. The monoisotopic (exact) mass is 282 g/mol. The number of nitrogens with zero attached hydrogens (tertiary/aromatic N) is 1. The second-order valence-corrected chi connectivity index (χ2v) is 5.46. The quantitative estimate of drug-likeness (QED) is 0.911. The third kappa shape index (κ3) is 3.16. The van der Waals surface area contributed by atoms with Crippen molar-refractivity contribution >= 4 is 11.3 Å². The summed E-state index contributed by atoms with van der Waals surface area (Å²) in [7, 11) is 0. The van der Waals surface area contributed by atoms with Gasteiger partial charge in [0.2, 0.25) is 0 Å². The lowest BCUT2D eigenvalue weighted by atomic mass is 10.1. The number of thiazole rings is 1. The van der Waals surface area contributed by atoms with Crippen molar-refractivity contribution in [2.75, 3.05) is 0 Å². The number of rotatable bonds is 4. The summed E-state index contributed by atoms with van der Waals surface area (Å²) >= 11 is 1.56. The van der Waals surface area contributed by atoms with Gasteiger partial charge in [-0.25, -0.2) is 13.8 Å². The maximum Gasteiger partial charge on any atom is 0.128 e. The van der Waals surface area contributed by atoms with Crippen LogP contribution in [0.4, 0.5) is 8.78 Å². The summed E-state index contributed by atoms with van der Waals surface area (Å²) in [5.74, 6) is -0.818. The standard InChI is InChI=1S/C14H16F2N2S/c1-8(12-6-11(15)4-5-13(12)16)18-10(3)14-9(2)17-7-19-14/h4-8,10,18H,1-3H3. The van der Waals surface area contributed by atoms with E-state index in [1.54, 1.807) is 16.8 Å². The molecule has 5 heteroatoms. The zero-order valence-corrected chi connectivity index (χ0v) is 11.9. The Bertz CT molecular complexity index is 568. The summed E-state index contributed by atoms with van der Waals surface area (Å²) in [5.41, 5.74) is 3.10. The van der Waals surface area contributed by atoms with Crippen LogP contribution in [0.3, 0.4) is 0 Å². The maximum absolute atomic E-state index is 13.7. The fourth-order valence-electron chi connectivity index (χ4n) is 2.11. The molecule has 2 nitrogen and oxygen atoms in total. The normalized spacial score (nSPS) is 14.4. The average Bonchev–Trinajstić information content (AvgIpc) is 2.78. The van der Waals surface area contributed by atoms with Gasteiger partial charge in [-0.15, -0.1) is 11.3 Å². The van der Waals surface area contributed by atoms with Gasteiger partial charge in [-0.2, -0.15) is 0 Å². The molecule has 0 aliphatic rings. The number of nitrogens with one attached hydrogen (secondary N) is 1. The molecule has 0 aliphatic heterocycles. The fraction of sp³-hybridized carbons (Fsp3) is 0.357. The predicted molar refractivity (Wildman–Crippen MR) is 73.2 cm³/mol. The topological polar surface area (TPSA) is 24.9 Å². The van der Waals surface area contributed by atoms with Gasteiger partial charge in [0.15, 0.2) is 0 Å². The molecule has 0 spiro atoms. The highest BCUT2D eigenvalue weighted by Crippen LogP contribution is 2.25. The van der Waals surface area contributed by atoms with E-state index in [4.69, 9.17) is 0 Å². The molecule has 1 N–H and O–H groups in total. The maximum atomic E-state index is 13.7. The Morgan fingerprint density at radius 1 is 1.21 bits per heavy atom. The highest BCUT2D eigenvalue weighted by molar-refractivity contribution is 7.09. The first-order chi connectivity index (χ1) is 8.99. The van der Waals surface area contributed by atoms with E-state index in [2.05, 4.69) is 10.3 Å². The summed E-state index contributed by atoms with van der Waals surface area (Å²) < 4.78 is 26.9. The van der Waals surface area contributed by atoms with Crippen LogP contribution in [0.5, 0.6) is 0 Å². The largest absolute Gasteiger partial charge is 0.303 e. The third-order valence-corrected chi connectivity index (χ3v) is 4.21. The molecule has 2 aromatic rings. The second kappa shape index (κ2) is 5.75. The zero-order valence-electron chi connectivity index (χ0n) is 11.1. The van der Waals surface area contributed by atoms with E-state index >= 15 is 0 Å². The number of halogens is 2.